The maximum absolute atomic E-state index is 11.7. The van der Waals surface area contributed by atoms with Crippen molar-refractivity contribution in [3.8, 4) is 0 Å². The average Bonchev–Trinajstić information content (AvgIpc) is 2.64. The molecule has 0 aliphatic carbocycles. The topological polar surface area (TPSA) is 116 Å². The van der Waals surface area contributed by atoms with Crippen LogP contribution in [0.4, 0.5) is 4.79 Å². The van der Waals surface area contributed by atoms with Crippen LogP contribution in [0, 0.1) is 0 Å². The number of halogens is 1. The molecule has 1 amide bonds. The molecule has 0 aliphatic rings. The molecule has 0 saturated carbocycles. The summed E-state index contributed by atoms with van der Waals surface area (Å²) in [7, 11) is 0. The summed E-state index contributed by atoms with van der Waals surface area (Å²) in [5.74, 6) is -1.23. The van der Waals surface area contributed by atoms with Crippen LogP contribution in [0.2, 0.25) is 0 Å². The number of ether oxygens (including phenoxy) is 1. The quantitative estimate of drug-likeness (QED) is 0.543. The van der Waals surface area contributed by atoms with E-state index >= 15 is 0 Å². The van der Waals surface area contributed by atoms with Crippen LogP contribution in [0.1, 0.15) is 27.6 Å². The van der Waals surface area contributed by atoms with E-state index in [1.807, 2.05) is 18.2 Å². The van der Waals surface area contributed by atoms with Crippen LogP contribution in [0.15, 0.2) is 53.0 Å². The zero-order valence-corrected chi connectivity index (χ0v) is 15.2. The Bertz CT molecular complexity index is 768. The van der Waals surface area contributed by atoms with E-state index in [4.69, 9.17) is 4.74 Å². The second-order valence-corrected chi connectivity index (χ2v) is 6.41. The monoisotopic (exact) mass is 423 g/mol. The van der Waals surface area contributed by atoms with Gasteiger partial charge in [0.05, 0.1) is 5.56 Å². The molecule has 7 nitrogen and oxygen atoms in total. The SMILES string of the molecule is O=C(NCC(O)C(O)c1cc(Br)ccc1C(=O)O)OCc1ccccc1. The summed E-state index contributed by atoms with van der Waals surface area (Å²) in [4.78, 5) is 22.9. The van der Waals surface area contributed by atoms with Crippen LogP contribution in [-0.2, 0) is 11.3 Å². The third-order valence-corrected chi connectivity index (χ3v) is 4.09. The van der Waals surface area contributed by atoms with Crippen LogP contribution in [0.25, 0.3) is 0 Å². The number of amides is 1. The Morgan fingerprint density at radius 2 is 1.81 bits per heavy atom. The minimum Gasteiger partial charge on any atom is -0.478 e. The molecule has 0 aromatic heterocycles. The van der Waals surface area contributed by atoms with Gasteiger partial charge in [-0.2, -0.15) is 0 Å². The average molecular weight is 424 g/mol. The normalized spacial score (nSPS) is 12.9. The number of aliphatic hydroxyl groups excluding tert-OH is 2. The van der Waals surface area contributed by atoms with Gasteiger partial charge in [-0.25, -0.2) is 9.59 Å². The Morgan fingerprint density at radius 3 is 2.46 bits per heavy atom. The zero-order chi connectivity index (χ0) is 19.1. The van der Waals surface area contributed by atoms with Crippen molar-refractivity contribution >= 4 is 28.0 Å². The van der Waals surface area contributed by atoms with Crippen molar-refractivity contribution < 1.29 is 29.6 Å². The van der Waals surface area contributed by atoms with Gasteiger partial charge in [0.1, 0.15) is 18.8 Å². The number of carbonyl (C=O) groups excluding carboxylic acids is 1. The molecule has 2 aromatic carbocycles. The van der Waals surface area contributed by atoms with E-state index in [0.29, 0.717) is 4.47 Å². The third-order valence-electron chi connectivity index (χ3n) is 3.60. The Morgan fingerprint density at radius 1 is 1.12 bits per heavy atom. The van der Waals surface area contributed by atoms with Crippen LogP contribution in [-0.4, -0.2) is 40.0 Å². The lowest BCUT2D eigenvalue weighted by atomic mass is 9.98. The first kappa shape index (κ1) is 19.9. The van der Waals surface area contributed by atoms with E-state index in [1.165, 1.54) is 18.2 Å². The predicted molar refractivity (Wildman–Crippen MR) is 96.7 cm³/mol. The number of carboxylic acid groups (broad SMARTS) is 1. The number of alkyl carbamates (subject to hydrolysis) is 1. The van der Waals surface area contributed by atoms with Gasteiger partial charge in [-0.1, -0.05) is 46.3 Å². The van der Waals surface area contributed by atoms with Crippen molar-refractivity contribution in [3.05, 3.63) is 69.7 Å². The first-order chi connectivity index (χ1) is 12.4. The molecule has 2 rings (SSSR count). The van der Waals surface area contributed by atoms with E-state index in [9.17, 15) is 24.9 Å². The molecule has 0 spiro atoms. The molecule has 2 atom stereocenters. The third kappa shape index (κ3) is 5.55. The molecule has 0 radical (unpaired) electrons. The first-order valence-electron chi connectivity index (χ1n) is 7.72. The summed E-state index contributed by atoms with van der Waals surface area (Å²) in [5.41, 5.74) is 0.716. The van der Waals surface area contributed by atoms with Crippen molar-refractivity contribution in [3.63, 3.8) is 0 Å². The number of carboxylic acids is 1. The molecule has 0 saturated heterocycles. The molecule has 0 heterocycles. The lowest BCUT2D eigenvalue weighted by Gasteiger charge is -2.20. The summed E-state index contributed by atoms with van der Waals surface area (Å²) in [6.45, 7) is -0.236. The van der Waals surface area contributed by atoms with Gasteiger partial charge in [-0.3, -0.25) is 0 Å². The van der Waals surface area contributed by atoms with Crippen molar-refractivity contribution in [2.45, 2.75) is 18.8 Å². The molecule has 8 heteroatoms. The van der Waals surface area contributed by atoms with E-state index < -0.39 is 24.3 Å². The fourth-order valence-electron chi connectivity index (χ4n) is 2.25. The van der Waals surface area contributed by atoms with Gasteiger partial charge >= 0.3 is 12.1 Å². The summed E-state index contributed by atoms with van der Waals surface area (Å²) in [6.07, 6.45) is -3.66. The van der Waals surface area contributed by atoms with Gasteiger partial charge in [0.25, 0.3) is 0 Å². The number of nitrogens with one attached hydrogen (secondary N) is 1. The Hall–Kier alpha value is -2.42. The maximum Gasteiger partial charge on any atom is 0.407 e. The Kier molecular flexibility index (Phi) is 7.14. The lowest BCUT2D eigenvalue weighted by Crippen LogP contribution is -2.36. The Balaban J connectivity index is 1.91. The van der Waals surface area contributed by atoms with Crippen LogP contribution in [0.5, 0.6) is 0 Å². The van der Waals surface area contributed by atoms with Gasteiger partial charge in [0, 0.05) is 11.0 Å². The highest BCUT2D eigenvalue weighted by molar-refractivity contribution is 9.10. The summed E-state index contributed by atoms with van der Waals surface area (Å²) in [5, 5.41) is 31.8. The molecule has 26 heavy (non-hydrogen) atoms. The molecule has 138 valence electrons. The second kappa shape index (κ2) is 9.33. The van der Waals surface area contributed by atoms with E-state index in [2.05, 4.69) is 21.2 Å². The van der Waals surface area contributed by atoms with Crippen LogP contribution < -0.4 is 5.32 Å². The molecular weight excluding hydrogens is 406 g/mol. The van der Waals surface area contributed by atoms with Crippen molar-refractivity contribution in [2.24, 2.45) is 0 Å². The maximum atomic E-state index is 11.7. The van der Waals surface area contributed by atoms with Gasteiger partial charge in [0.2, 0.25) is 0 Å². The zero-order valence-electron chi connectivity index (χ0n) is 13.6. The number of aliphatic hydroxyl groups is 2. The number of hydrogen-bond acceptors (Lipinski definition) is 5. The van der Waals surface area contributed by atoms with Crippen molar-refractivity contribution in [1.29, 1.82) is 0 Å². The molecule has 2 unspecified atom stereocenters. The molecule has 0 fully saturated rings. The van der Waals surface area contributed by atoms with E-state index in [1.54, 1.807) is 12.1 Å². The number of benzene rings is 2. The first-order valence-corrected chi connectivity index (χ1v) is 8.51. The largest absolute Gasteiger partial charge is 0.478 e. The molecule has 4 N–H and O–H groups in total. The minimum absolute atomic E-state index is 0.0406. The van der Waals surface area contributed by atoms with Crippen LogP contribution >= 0.6 is 15.9 Å². The summed E-state index contributed by atoms with van der Waals surface area (Å²) >= 11 is 3.19. The number of carbonyl (C=O) groups is 2. The Labute approximate surface area is 158 Å². The van der Waals surface area contributed by atoms with Gasteiger partial charge < -0.3 is 25.4 Å². The number of rotatable bonds is 7. The fourth-order valence-corrected chi connectivity index (χ4v) is 2.63. The second-order valence-electron chi connectivity index (χ2n) is 5.49. The highest BCUT2D eigenvalue weighted by Crippen LogP contribution is 2.25. The summed E-state index contributed by atoms with van der Waals surface area (Å²) < 4.78 is 5.56. The smallest absolute Gasteiger partial charge is 0.407 e. The van der Waals surface area contributed by atoms with E-state index in [-0.39, 0.29) is 24.3 Å². The minimum atomic E-state index is -1.49. The summed E-state index contributed by atoms with van der Waals surface area (Å²) in [6, 6.07) is 13.3. The highest BCUT2D eigenvalue weighted by Gasteiger charge is 2.24. The number of aromatic carboxylic acids is 1. The van der Waals surface area contributed by atoms with Gasteiger partial charge in [0.15, 0.2) is 0 Å². The lowest BCUT2D eigenvalue weighted by molar-refractivity contribution is 0.0173. The van der Waals surface area contributed by atoms with Gasteiger partial charge in [-0.05, 0) is 29.3 Å². The molecule has 0 aliphatic heterocycles. The van der Waals surface area contributed by atoms with Crippen molar-refractivity contribution in [1.82, 2.24) is 5.32 Å². The van der Waals surface area contributed by atoms with Crippen molar-refractivity contribution in [2.75, 3.05) is 6.54 Å². The standard InChI is InChI=1S/C18H18BrNO6/c19-12-6-7-13(17(23)24)14(8-12)16(22)15(21)9-20-18(25)26-10-11-4-2-1-3-5-11/h1-8,15-16,21-22H,9-10H2,(H,20,25)(H,23,24). The van der Waals surface area contributed by atoms with Gasteiger partial charge in [-0.15, -0.1) is 0 Å². The molecule has 0 bridgehead atoms. The highest BCUT2D eigenvalue weighted by atomic mass is 79.9. The number of hydrogen-bond donors (Lipinski definition) is 4. The molecular formula is C18H18BrNO6. The van der Waals surface area contributed by atoms with Crippen LogP contribution in [0.3, 0.4) is 0 Å². The predicted octanol–water partition coefficient (Wildman–Crippen LogP) is 2.47. The van der Waals surface area contributed by atoms with E-state index in [0.717, 1.165) is 5.56 Å². The molecule has 2 aromatic rings. The fraction of sp³-hybridized carbons (Fsp3) is 0.222.